The molecule has 11 heavy (non-hydrogen) atoms. The summed E-state index contributed by atoms with van der Waals surface area (Å²) in [7, 11) is 0. The Bertz CT molecular complexity index is 157. The molecular weight excluding hydrogens is 154 g/mol. The summed E-state index contributed by atoms with van der Waals surface area (Å²) in [6, 6.07) is 0. The van der Waals surface area contributed by atoms with Crippen LogP contribution in [0, 0.1) is 5.41 Å². The average Bonchev–Trinajstić information content (AvgIpc) is 2.71. The fourth-order valence-corrected chi connectivity index (χ4v) is 3.23. The Morgan fingerprint density at radius 1 is 1.27 bits per heavy atom. The van der Waals surface area contributed by atoms with E-state index in [0.717, 1.165) is 0 Å². The monoisotopic (exact) mass is 171 g/mol. The minimum Gasteiger partial charge on any atom is -0.303 e. The van der Waals surface area contributed by atoms with E-state index < -0.39 is 0 Å². The van der Waals surface area contributed by atoms with E-state index in [2.05, 4.69) is 30.9 Å². The Balaban J connectivity index is 2.07. The largest absolute Gasteiger partial charge is 0.303 e. The van der Waals surface area contributed by atoms with Gasteiger partial charge in [-0.2, -0.15) is 0 Å². The minimum absolute atomic E-state index is 0.394. The number of rotatable bonds is 1. The molecule has 1 saturated heterocycles. The van der Waals surface area contributed by atoms with E-state index in [4.69, 9.17) is 0 Å². The molecule has 2 rings (SSSR count). The first kappa shape index (κ1) is 7.93. The van der Waals surface area contributed by atoms with E-state index in [9.17, 15) is 0 Å². The van der Waals surface area contributed by atoms with E-state index in [0.29, 0.717) is 10.3 Å². The van der Waals surface area contributed by atoms with Crippen LogP contribution in [0.15, 0.2) is 0 Å². The van der Waals surface area contributed by atoms with Crippen molar-refractivity contribution in [3.63, 3.8) is 0 Å². The second-order valence-corrected chi connectivity index (χ2v) is 5.74. The van der Waals surface area contributed by atoms with E-state index >= 15 is 0 Å². The normalized spacial score (nSPS) is 42.0. The summed E-state index contributed by atoms with van der Waals surface area (Å²) in [4.78, 5) is 0.394. The molecule has 0 radical (unpaired) electrons. The quantitative estimate of drug-likeness (QED) is 0.649. The molecule has 2 heteroatoms. The molecule has 2 aliphatic rings. The van der Waals surface area contributed by atoms with Gasteiger partial charge in [0.15, 0.2) is 0 Å². The lowest BCUT2D eigenvalue weighted by molar-refractivity contribution is 0.333. The topological polar surface area (TPSA) is 12.0 Å². The van der Waals surface area contributed by atoms with Crippen molar-refractivity contribution in [2.45, 2.75) is 38.0 Å². The maximum absolute atomic E-state index is 3.66. The van der Waals surface area contributed by atoms with Crippen molar-refractivity contribution < 1.29 is 0 Å². The molecule has 1 atom stereocenters. The highest BCUT2D eigenvalue weighted by atomic mass is 32.2. The van der Waals surface area contributed by atoms with Crippen molar-refractivity contribution in [3.05, 3.63) is 0 Å². The van der Waals surface area contributed by atoms with Gasteiger partial charge in [0, 0.05) is 0 Å². The van der Waals surface area contributed by atoms with Gasteiger partial charge in [-0.05, 0) is 43.9 Å². The molecule has 1 heterocycles. The zero-order valence-electron chi connectivity index (χ0n) is 7.44. The molecule has 2 fully saturated rings. The lowest BCUT2D eigenvalue weighted by Crippen LogP contribution is -2.49. The highest BCUT2D eigenvalue weighted by Crippen LogP contribution is 2.58. The van der Waals surface area contributed by atoms with Crippen molar-refractivity contribution >= 4 is 11.8 Å². The van der Waals surface area contributed by atoms with Crippen LogP contribution in [0.3, 0.4) is 0 Å². The molecule has 64 valence electrons. The van der Waals surface area contributed by atoms with Crippen LogP contribution in [0.25, 0.3) is 0 Å². The van der Waals surface area contributed by atoms with Gasteiger partial charge in [-0.1, -0.05) is 6.92 Å². The molecule has 1 unspecified atom stereocenters. The van der Waals surface area contributed by atoms with Gasteiger partial charge in [0.2, 0.25) is 0 Å². The van der Waals surface area contributed by atoms with Gasteiger partial charge >= 0.3 is 0 Å². The molecule has 1 aliphatic heterocycles. The highest BCUT2D eigenvalue weighted by Gasteiger charge is 2.53. The van der Waals surface area contributed by atoms with E-state index in [1.807, 2.05) is 0 Å². The van der Waals surface area contributed by atoms with Gasteiger partial charge in [0.05, 0.1) is 4.87 Å². The van der Waals surface area contributed by atoms with Crippen molar-refractivity contribution in [1.29, 1.82) is 0 Å². The van der Waals surface area contributed by atoms with Crippen LogP contribution in [-0.4, -0.2) is 17.2 Å². The third kappa shape index (κ3) is 1.20. The molecule has 1 N–H and O–H groups in total. The molecule has 1 saturated carbocycles. The molecule has 0 amide bonds. The fraction of sp³-hybridized carbons (Fsp3) is 1.00. The van der Waals surface area contributed by atoms with Crippen molar-refractivity contribution in [1.82, 2.24) is 5.32 Å². The maximum atomic E-state index is 3.66. The first-order chi connectivity index (χ1) is 5.16. The summed E-state index contributed by atoms with van der Waals surface area (Å²) in [5.74, 6) is 1.35. The maximum Gasteiger partial charge on any atom is 0.0670 e. The predicted molar refractivity (Wildman–Crippen MR) is 50.8 cm³/mol. The lowest BCUT2D eigenvalue weighted by Gasteiger charge is -2.40. The third-order valence-corrected chi connectivity index (χ3v) is 5.03. The van der Waals surface area contributed by atoms with Crippen LogP contribution in [0.4, 0.5) is 0 Å². The average molecular weight is 171 g/mol. The van der Waals surface area contributed by atoms with E-state index in [1.54, 1.807) is 0 Å². The zero-order chi connectivity index (χ0) is 7.95. The molecule has 1 nitrogen and oxygen atoms in total. The van der Waals surface area contributed by atoms with Crippen molar-refractivity contribution in [3.8, 4) is 0 Å². The van der Waals surface area contributed by atoms with Gasteiger partial charge in [0.25, 0.3) is 0 Å². The van der Waals surface area contributed by atoms with Crippen LogP contribution >= 0.6 is 11.8 Å². The number of thioether (sulfide) groups is 1. The Kier molecular flexibility index (Phi) is 1.73. The predicted octanol–water partition coefficient (Wildman–Crippen LogP) is 2.23. The SMILES string of the molecule is CC1(C2(C)NCCCS2)CC1. The zero-order valence-corrected chi connectivity index (χ0v) is 8.26. The van der Waals surface area contributed by atoms with Crippen LogP contribution in [-0.2, 0) is 0 Å². The number of nitrogens with one attached hydrogen (secondary N) is 1. The summed E-state index contributed by atoms with van der Waals surface area (Å²) >= 11 is 2.12. The summed E-state index contributed by atoms with van der Waals surface area (Å²) < 4.78 is 0. The second-order valence-electron chi connectivity index (χ2n) is 4.22. The molecular formula is C9H17NS. The van der Waals surface area contributed by atoms with Gasteiger partial charge in [-0.15, -0.1) is 11.8 Å². The van der Waals surface area contributed by atoms with Crippen LogP contribution in [0.2, 0.25) is 0 Å². The Hall–Kier alpha value is 0.310. The van der Waals surface area contributed by atoms with Gasteiger partial charge in [-0.3, -0.25) is 0 Å². The molecule has 0 bridgehead atoms. The molecule has 0 aromatic carbocycles. The van der Waals surface area contributed by atoms with Crippen molar-refractivity contribution in [2.24, 2.45) is 5.41 Å². The second kappa shape index (κ2) is 2.40. The first-order valence-corrected chi connectivity index (χ1v) is 5.54. The van der Waals surface area contributed by atoms with Gasteiger partial charge in [0.1, 0.15) is 0 Å². The lowest BCUT2D eigenvalue weighted by atomic mass is 9.99. The molecule has 0 aromatic heterocycles. The minimum atomic E-state index is 0.394. The fourth-order valence-electron chi connectivity index (χ4n) is 1.78. The number of hydrogen-bond acceptors (Lipinski definition) is 2. The third-order valence-electron chi connectivity index (χ3n) is 3.33. The summed E-state index contributed by atoms with van der Waals surface area (Å²) in [5.41, 5.74) is 0.609. The molecule has 1 aliphatic carbocycles. The first-order valence-electron chi connectivity index (χ1n) is 4.55. The molecule has 0 spiro atoms. The van der Waals surface area contributed by atoms with E-state index in [-0.39, 0.29) is 0 Å². The van der Waals surface area contributed by atoms with Crippen LogP contribution in [0.5, 0.6) is 0 Å². The Morgan fingerprint density at radius 2 is 2.00 bits per heavy atom. The summed E-state index contributed by atoms with van der Waals surface area (Å²) in [6.45, 7) is 6.02. The molecule has 0 aromatic rings. The Labute approximate surface area is 73.3 Å². The van der Waals surface area contributed by atoms with Crippen LogP contribution in [0.1, 0.15) is 33.1 Å². The highest BCUT2D eigenvalue weighted by molar-refractivity contribution is 8.00. The summed E-state index contributed by atoms with van der Waals surface area (Å²) in [6.07, 6.45) is 4.18. The smallest absolute Gasteiger partial charge is 0.0670 e. The Morgan fingerprint density at radius 3 is 2.45 bits per heavy atom. The standard InChI is InChI=1S/C9H17NS/c1-8(4-5-8)9(2)10-6-3-7-11-9/h10H,3-7H2,1-2H3. The summed E-state index contributed by atoms with van der Waals surface area (Å²) in [5, 5.41) is 3.66. The van der Waals surface area contributed by atoms with Gasteiger partial charge < -0.3 is 5.32 Å². The van der Waals surface area contributed by atoms with E-state index in [1.165, 1.54) is 31.6 Å². The number of hydrogen-bond donors (Lipinski definition) is 1. The van der Waals surface area contributed by atoms with Crippen molar-refractivity contribution in [2.75, 3.05) is 12.3 Å². The van der Waals surface area contributed by atoms with Crippen LogP contribution < -0.4 is 5.32 Å². The van der Waals surface area contributed by atoms with Gasteiger partial charge in [-0.25, -0.2) is 0 Å².